The number of hydrogen-bond donors (Lipinski definition) is 1. The van der Waals surface area contributed by atoms with Gasteiger partial charge in [-0.15, -0.1) is 0 Å². The van der Waals surface area contributed by atoms with Gasteiger partial charge in [0.2, 0.25) is 5.91 Å². The molecule has 6 nitrogen and oxygen atoms in total. The van der Waals surface area contributed by atoms with Crippen molar-refractivity contribution in [1.82, 2.24) is 9.78 Å². The molecular formula is C22H23N3O3. The molecule has 0 unspecified atom stereocenters. The Balaban J connectivity index is 1.59. The highest BCUT2D eigenvalue weighted by atomic mass is 16.5. The first kappa shape index (κ1) is 19.4. The molecule has 1 amide bonds. The van der Waals surface area contributed by atoms with E-state index in [0.717, 1.165) is 22.6 Å². The lowest BCUT2D eigenvalue weighted by atomic mass is 10.1. The van der Waals surface area contributed by atoms with Gasteiger partial charge in [-0.1, -0.05) is 17.7 Å². The average molecular weight is 377 g/mol. The lowest BCUT2D eigenvalue weighted by Crippen LogP contribution is -2.23. The summed E-state index contributed by atoms with van der Waals surface area (Å²) in [7, 11) is 1.61. The van der Waals surface area contributed by atoms with E-state index < -0.39 is 0 Å². The molecule has 28 heavy (non-hydrogen) atoms. The molecule has 1 N–H and O–H groups in total. The zero-order chi connectivity index (χ0) is 19.9. The van der Waals surface area contributed by atoms with Crippen LogP contribution >= 0.6 is 0 Å². The second-order valence-corrected chi connectivity index (χ2v) is 6.53. The Morgan fingerprint density at radius 1 is 1.04 bits per heavy atom. The van der Waals surface area contributed by atoms with E-state index in [2.05, 4.69) is 10.4 Å². The fourth-order valence-corrected chi connectivity index (χ4v) is 2.77. The number of benzene rings is 2. The molecule has 1 aromatic heterocycles. The minimum Gasteiger partial charge on any atom is -0.497 e. The zero-order valence-corrected chi connectivity index (χ0v) is 16.0. The van der Waals surface area contributed by atoms with Crippen LogP contribution in [-0.4, -0.2) is 22.8 Å². The highest BCUT2D eigenvalue weighted by Crippen LogP contribution is 2.19. The van der Waals surface area contributed by atoms with Crippen molar-refractivity contribution in [3.05, 3.63) is 76.6 Å². The van der Waals surface area contributed by atoms with E-state index in [-0.39, 0.29) is 11.5 Å². The molecule has 0 spiro atoms. The molecule has 3 aromatic rings. The summed E-state index contributed by atoms with van der Waals surface area (Å²) in [6.45, 7) is 2.38. The Bertz CT molecular complexity index is 993. The third kappa shape index (κ3) is 5.07. The SMILES string of the molecule is COc1ccc(-c2ccc(=O)n(CCCC(=O)Nc3ccc(C)cc3)n2)cc1. The molecule has 0 aliphatic rings. The Labute approximate surface area is 163 Å². The van der Waals surface area contributed by atoms with Gasteiger partial charge in [-0.25, -0.2) is 4.68 Å². The molecule has 144 valence electrons. The summed E-state index contributed by atoms with van der Waals surface area (Å²) >= 11 is 0. The molecule has 0 radical (unpaired) electrons. The highest BCUT2D eigenvalue weighted by Gasteiger charge is 2.06. The smallest absolute Gasteiger partial charge is 0.266 e. The minimum atomic E-state index is -0.184. The summed E-state index contributed by atoms with van der Waals surface area (Å²) in [6, 6.07) is 18.3. The van der Waals surface area contributed by atoms with Crippen molar-refractivity contribution in [2.24, 2.45) is 0 Å². The Morgan fingerprint density at radius 2 is 1.75 bits per heavy atom. The summed E-state index contributed by atoms with van der Waals surface area (Å²) < 4.78 is 6.56. The van der Waals surface area contributed by atoms with Crippen molar-refractivity contribution in [3.8, 4) is 17.0 Å². The molecule has 0 aliphatic heterocycles. The predicted molar refractivity (Wildman–Crippen MR) is 110 cm³/mol. The van der Waals surface area contributed by atoms with Gasteiger partial charge in [0.25, 0.3) is 5.56 Å². The summed E-state index contributed by atoms with van der Waals surface area (Å²) in [6.07, 6.45) is 0.839. The fourth-order valence-electron chi connectivity index (χ4n) is 2.77. The molecule has 1 heterocycles. The second-order valence-electron chi connectivity index (χ2n) is 6.53. The number of nitrogens with one attached hydrogen (secondary N) is 1. The van der Waals surface area contributed by atoms with Gasteiger partial charge in [-0.2, -0.15) is 5.10 Å². The van der Waals surface area contributed by atoms with Crippen LogP contribution in [0, 0.1) is 6.92 Å². The average Bonchev–Trinajstić information content (AvgIpc) is 2.71. The van der Waals surface area contributed by atoms with Gasteiger partial charge < -0.3 is 10.1 Å². The molecule has 0 saturated heterocycles. The van der Waals surface area contributed by atoms with Crippen molar-refractivity contribution in [2.45, 2.75) is 26.3 Å². The van der Waals surface area contributed by atoms with Crippen molar-refractivity contribution in [2.75, 3.05) is 12.4 Å². The lowest BCUT2D eigenvalue weighted by molar-refractivity contribution is -0.116. The number of nitrogens with zero attached hydrogens (tertiary/aromatic N) is 2. The van der Waals surface area contributed by atoms with Gasteiger partial charge >= 0.3 is 0 Å². The third-order valence-electron chi connectivity index (χ3n) is 4.36. The largest absolute Gasteiger partial charge is 0.497 e. The summed E-state index contributed by atoms with van der Waals surface area (Å²) in [5.74, 6) is 0.680. The van der Waals surface area contributed by atoms with E-state index in [1.807, 2.05) is 55.5 Å². The summed E-state index contributed by atoms with van der Waals surface area (Å²) in [5, 5.41) is 7.28. The van der Waals surface area contributed by atoms with Crippen LogP contribution in [0.5, 0.6) is 5.75 Å². The van der Waals surface area contributed by atoms with Crippen LogP contribution in [0.2, 0.25) is 0 Å². The van der Waals surface area contributed by atoms with Crippen molar-refractivity contribution in [3.63, 3.8) is 0 Å². The molecule has 3 rings (SSSR count). The molecule has 0 bridgehead atoms. The van der Waals surface area contributed by atoms with Crippen LogP contribution in [0.3, 0.4) is 0 Å². The fraction of sp³-hybridized carbons (Fsp3) is 0.227. The predicted octanol–water partition coefficient (Wildman–Crippen LogP) is 3.65. The first-order chi connectivity index (χ1) is 13.5. The van der Waals surface area contributed by atoms with Crippen molar-refractivity contribution < 1.29 is 9.53 Å². The van der Waals surface area contributed by atoms with Gasteiger partial charge in [-0.05, 0) is 55.8 Å². The maximum Gasteiger partial charge on any atom is 0.266 e. The maximum atomic E-state index is 12.1. The van der Waals surface area contributed by atoms with E-state index in [9.17, 15) is 9.59 Å². The molecule has 2 aromatic carbocycles. The maximum absolute atomic E-state index is 12.1. The van der Waals surface area contributed by atoms with Crippen molar-refractivity contribution >= 4 is 11.6 Å². The summed E-state index contributed by atoms with van der Waals surface area (Å²) in [5.41, 5.74) is 3.32. The Kier molecular flexibility index (Phi) is 6.22. The first-order valence-corrected chi connectivity index (χ1v) is 9.14. The van der Waals surface area contributed by atoms with E-state index in [1.54, 1.807) is 13.2 Å². The quantitative estimate of drug-likeness (QED) is 0.682. The number of ether oxygens (including phenoxy) is 1. The monoisotopic (exact) mass is 377 g/mol. The number of rotatable bonds is 7. The number of anilines is 1. The van der Waals surface area contributed by atoms with Gasteiger partial charge in [0.1, 0.15) is 5.75 Å². The lowest BCUT2D eigenvalue weighted by Gasteiger charge is -2.08. The molecule has 0 fully saturated rings. The number of methoxy groups -OCH3 is 1. The second kappa shape index (κ2) is 8.99. The Morgan fingerprint density at radius 3 is 2.43 bits per heavy atom. The highest BCUT2D eigenvalue weighted by molar-refractivity contribution is 5.90. The van der Waals surface area contributed by atoms with E-state index in [4.69, 9.17) is 4.74 Å². The third-order valence-corrected chi connectivity index (χ3v) is 4.36. The summed E-state index contributed by atoms with van der Waals surface area (Å²) in [4.78, 5) is 24.2. The van der Waals surface area contributed by atoms with E-state index in [0.29, 0.717) is 25.1 Å². The molecular weight excluding hydrogens is 354 g/mol. The van der Waals surface area contributed by atoms with Crippen LogP contribution in [0.15, 0.2) is 65.5 Å². The molecule has 0 aliphatic carbocycles. The van der Waals surface area contributed by atoms with E-state index in [1.165, 1.54) is 10.7 Å². The number of carbonyl (C=O) groups is 1. The van der Waals surface area contributed by atoms with Crippen LogP contribution < -0.4 is 15.6 Å². The van der Waals surface area contributed by atoms with Gasteiger partial charge in [0.15, 0.2) is 0 Å². The zero-order valence-electron chi connectivity index (χ0n) is 16.0. The van der Waals surface area contributed by atoms with Crippen LogP contribution in [0.1, 0.15) is 18.4 Å². The van der Waals surface area contributed by atoms with Crippen LogP contribution in [0.4, 0.5) is 5.69 Å². The number of aromatic nitrogens is 2. The normalized spacial score (nSPS) is 10.5. The molecule has 6 heteroatoms. The number of carbonyl (C=O) groups excluding carboxylic acids is 1. The number of aryl methyl sites for hydroxylation is 2. The van der Waals surface area contributed by atoms with Crippen LogP contribution in [0.25, 0.3) is 11.3 Å². The number of amides is 1. The van der Waals surface area contributed by atoms with Gasteiger partial charge in [0.05, 0.1) is 12.8 Å². The minimum absolute atomic E-state index is 0.0804. The first-order valence-electron chi connectivity index (χ1n) is 9.14. The van der Waals surface area contributed by atoms with Gasteiger partial charge in [-0.3, -0.25) is 9.59 Å². The topological polar surface area (TPSA) is 73.2 Å². The molecule has 0 saturated carbocycles. The number of hydrogen-bond acceptors (Lipinski definition) is 4. The van der Waals surface area contributed by atoms with Gasteiger partial charge in [0, 0.05) is 30.3 Å². The Hall–Kier alpha value is -3.41. The van der Waals surface area contributed by atoms with Crippen LogP contribution in [-0.2, 0) is 11.3 Å². The molecule has 0 atom stereocenters. The van der Waals surface area contributed by atoms with Crippen molar-refractivity contribution in [1.29, 1.82) is 0 Å². The standard InChI is InChI=1S/C22H23N3O3/c1-16-5-9-18(10-6-16)23-21(26)4-3-15-25-22(27)14-13-20(24-25)17-7-11-19(28-2)12-8-17/h5-14H,3-4,15H2,1-2H3,(H,23,26). The van der Waals surface area contributed by atoms with E-state index >= 15 is 0 Å².